The highest BCUT2D eigenvalue weighted by molar-refractivity contribution is 7.98. The minimum absolute atomic E-state index is 0.0000167. The Morgan fingerprint density at radius 1 is 1.00 bits per heavy atom. The van der Waals surface area contributed by atoms with Gasteiger partial charge in [-0.15, -0.1) is 5.10 Å². The van der Waals surface area contributed by atoms with Gasteiger partial charge in [-0.25, -0.2) is 4.98 Å². The quantitative estimate of drug-likeness (QED) is 0.402. The number of aromatic nitrogens is 5. The molecule has 2 N–H and O–H groups in total. The Morgan fingerprint density at radius 2 is 1.71 bits per heavy atom. The third kappa shape index (κ3) is 3.70. The van der Waals surface area contributed by atoms with Gasteiger partial charge >= 0.3 is 0 Å². The van der Waals surface area contributed by atoms with Crippen LogP contribution in [0.5, 0.6) is 0 Å². The highest BCUT2D eigenvalue weighted by Gasteiger charge is 2.14. The molecule has 7 nitrogen and oxygen atoms in total. The van der Waals surface area contributed by atoms with Gasteiger partial charge in [0.05, 0.1) is 17.6 Å². The Hall–Kier alpha value is -3.70. The average Bonchev–Trinajstić information content (AvgIpc) is 3.26. The minimum Gasteiger partial charge on any atom is -0.300 e. The maximum atomic E-state index is 12.4. The highest BCUT2D eigenvalue weighted by Crippen LogP contribution is 2.26. The molecular weight excluding hydrogens is 372 g/mol. The third-order valence-electron chi connectivity index (χ3n) is 4.10. The molecule has 28 heavy (non-hydrogen) atoms. The Kier molecular flexibility index (Phi) is 4.99. The zero-order valence-corrected chi connectivity index (χ0v) is 15.4. The molecular formula is C20H14N6OS. The van der Waals surface area contributed by atoms with Crippen molar-refractivity contribution in [2.45, 2.75) is 10.9 Å². The Labute approximate surface area is 164 Å². The number of H-pyrrole nitrogens is 2. The number of hydrogen-bond acceptors (Lipinski definition) is 6. The van der Waals surface area contributed by atoms with Crippen molar-refractivity contribution in [2.75, 3.05) is 0 Å². The smallest absolute Gasteiger partial charge is 0.270 e. The summed E-state index contributed by atoms with van der Waals surface area (Å²) in [5.41, 5.74) is 3.59. The normalized spacial score (nSPS) is 10.5. The number of nitrogens with zero attached hydrogens (tertiary/aromatic N) is 4. The summed E-state index contributed by atoms with van der Waals surface area (Å²) in [6.07, 6.45) is 1.61. The molecule has 4 rings (SSSR count). The topological polar surface area (TPSA) is 111 Å². The fourth-order valence-electron chi connectivity index (χ4n) is 2.72. The van der Waals surface area contributed by atoms with Crippen molar-refractivity contribution in [3.8, 4) is 28.5 Å². The molecule has 0 amide bonds. The van der Waals surface area contributed by atoms with E-state index in [9.17, 15) is 10.1 Å². The first-order valence-electron chi connectivity index (χ1n) is 8.42. The van der Waals surface area contributed by atoms with E-state index in [4.69, 9.17) is 0 Å². The predicted octanol–water partition coefficient (Wildman–Crippen LogP) is 3.39. The lowest BCUT2D eigenvalue weighted by atomic mass is 10.0. The number of nitrogens with one attached hydrogen (secondary N) is 2. The summed E-state index contributed by atoms with van der Waals surface area (Å²) in [5.74, 6) is 0.522. The van der Waals surface area contributed by atoms with Gasteiger partial charge in [0.2, 0.25) is 0 Å². The van der Waals surface area contributed by atoms with Crippen molar-refractivity contribution in [3.05, 3.63) is 82.4 Å². The van der Waals surface area contributed by atoms with Gasteiger partial charge < -0.3 is 4.98 Å². The van der Waals surface area contributed by atoms with E-state index in [0.717, 1.165) is 16.8 Å². The number of hydrogen-bond donors (Lipinski definition) is 2. The van der Waals surface area contributed by atoms with E-state index < -0.39 is 5.56 Å². The van der Waals surface area contributed by atoms with E-state index in [-0.39, 0.29) is 5.56 Å². The molecule has 0 unspecified atom stereocenters. The number of aromatic amines is 2. The molecule has 0 spiro atoms. The minimum atomic E-state index is -0.454. The molecule has 2 heterocycles. The fourth-order valence-corrected chi connectivity index (χ4v) is 3.47. The van der Waals surface area contributed by atoms with Crippen LogP contribution in [0.4, 0.5) is 0 Å². The van der Waals surface area contributed by atoms with E-state index in [0.29, 0.717) is 22.2 Å². The van der Waals surface area contributed by atoms with Crippen molar-refractivity contribution in [1.29, 1.82) is 5.26 Å². The summed E-state index contributed by atoms with van der Waals surface area (Å²) >= 11 is 1.33. The lowest BCUT2D eigenvalue weighted by molar-refractivity contribution is 0.919. The number of thioether (sulfide) groups is 1. The number of rotatable bonds is 5. The highest BCUT2D eigenvalue weighted by atomic mass is 32.2. The van der Waals surface area contributed by atoms with Gasteiger partial charge in [-0.3, -0.25) is 9.89 Å². The second-order valence-electron chi connectivity index (χ2n) is 5.92. The fraction of sp³-hybridized carbons (Fsp3) is 0.0500. The molecule has 0 aliphatic carbocycles. The lowest BCUT2D eigenvalue weighted by Crippen LogP contribution is -2.14. The lowest BCUT2D eigenvalue weighted by Gasteiger charge is -2.07. The van der Waals surface area contributed by atoms with Crippen LogP contribution in [0.15, 0.2) is 70.7 Å². The van der Waals surface area contributed by atoms with Crippen LogP contribution < -0.4 is 5.56 Å². The van der Waals surface area contributed by atoms with E-state index in [2.05, 4.69) is 25.4 Å². The van der Waals surface area contributed by atoms with Gasteiger partial charge in [0.15, 0.2) is 5.16 Å². The average molecular weight is 386 g/mol. The Morgan fingerprint density at radius 3 is 2.39 bits per heavy atom. The molecule has 4 aromatic rings. The molecule has 0 bridgehead atoms. The molecule has 0 aliphatic heterocycles. The molecule has 0 fully saturated rings. The van der Waals surface area contributed by atoms with Crippen molar-refractivity contribution >= 4 is 11.8 Å². The van der Waals surface area contributed by atoms with Crippen LogP contribution in [-0.4, -0.2) is 25.4 Å². The zero-order chi connectivity index (χ0) is 19.3. The van der Waals surface area contributed by atoms with E-state index in [1.54, 1.807) is 6.20 Å². The largest absolute Gasteiger partial charge is 0.300 e. The first-order chi connectivity index (χ1) is 13.7. The van der Waals surface area contributed by atoms with Crippen LogP contribution in [0.1, 0.15) is 11.3 Å². The van der Waals surface area contributed by atoms with Gasteiger partial charge in [0.25, 0.3) is 5.56 Å². The second kappa shape index (κ2) is 7.90. The molecule has 2 aromatic carbocycles. The van der Waals surface area contributed by atoms with Crippen molar-refractivity contribution in [3.63, 3.8) is 0 Å². The zero-order valence-electron chi connectivity index (χ0n) is 14.6. The number of nitriles is 1. The van der Waals surface area contributed by atoms with Crippen LogP contribution in [-0.2, 0) is 5.75 Å². The summed E-state index contributed by atoms with van der Waals surface area (Å²) in [6.45, 7) is 0. The van der Waals surface area contributed by atoms with Crippen molar-refractivity contribution < 1.29 is 0 Å². The van der Waals surface area contributed by atoms with E-state index in [1.807, 2.05) is 60.7 Å². The van der Waals surface area contributed by atoms with Crippen LogP contribution in [0.3, 0.4) is 0 Å². The van der Waals surface area contributed by atoms with Gasteiger partial charge in [0.1, 0.15) is 11.6 Å². The molecule has 0 radical (unpaired) electrons. The first-order valence-corrected chi connectivity index (χ1v) is 9.41. The van der Waals surface area contributed by atoms with Crippen molar-refractivity contribution in [1.82, 2.24) is 25.4 Å². The Bertz CT molecular complexity index is 1180. The van der Waals surface area contributed by atoms with E-state index >= 15 is 0 Å². The van der Waals surface area contributed by atoms with Gasteiger partial charge in [-0.1, -0.05) is 71.6 Å². The number of benzene rings is 2. The molecule has 2 aromatic heterocycles. The summed E-state index contributed by atoms with van der Waals surface area (Å²) in [6, 6.07) is 19.6. The Balaban J connectivity index is 1.67. The molecule has 0 atom stereocenters. The molecule has 136 valence electrons. The third-order valence-corrected chi connectivity index (χ3v) is 5.03. The first kappa shape index (κ1) is 17.7. The van der Waals surface area contributed by atoms with Crippen LogP contribution >= 0.6 is 11.8 Å². The summed E-state index contributed by atoms with van der Waals surface area (Å²) < 4.78 is 0. The molecule has 0 saturated heterocycles. The van der Waals surface area contributed by atoms with Crippen LogP contribution in [0, 0.1) is 11.3 Å². The molecule has 0 saturated carbocycles. The molecule has 0 aliphatic rings. The predicted molar refractivity (Wildman–Crippen MR) is 106 cm³/mol. The standard InChI is InChI=1S/C20H14N6OS/c21-10-17-18(15-8-6-14(7-9-15)13-4-2-1-3-5-13)23-20(24-19(17)27)28-12-16-11-22-26-25-16/h1-9,11H,12H2,(H,22,25,26)(H,23,24,27). The summed E-state index contributed by atoms with van der Waals surface area (Å²) in [7, 11) is 0. The van der Waals surface area contributed by atoms with E-state index in [1.165, 1.54) is 11.8 Å². The van der Waals surface area contributed by atoms with Crippen LogP contribution in [0.25, 0.3) is 22.4 Å². The summed E-state index contributed by atoms with van der Waals surface area (Å²) in [4.78, 5) is 19.5. The SMILES string of the molecule is N#Cc1c(-c2ccc(-c3ccccc3)cc2)nc(SCc2cnn[nH]2)[nH]c1=O. The maximum Gasteiger partial charge on any atom is 0.270 e. The molecule has 8 heteroatoms. The summed E-state index contributed by atoms with van der Waals surface area (Å²) in [5, 5.41) is 20.0. The van der Waals surface area contributed by atoms with Gasteiger partial charge in [-0.05, 0) is 11.1 Å². The van der Waals surface area contributed by atoms with Gasteiger partial charge in [-0.2, -0.15) is 5.26 Å². The van der Waals surface area contributed by atoms with Crippen LogP contribution in [0.2, 0.25) is 0 Å². The monoisotopic (exact) mass is 386 g/mol. The second-order valence-corrected chi connectivity index (χ2v) is 6.88. The maximum absolute atomic E-state index is 12.4. The van der Waals surface area contributed by atoms with Gasteiger partial charge in [0, 0.05) is 11.3 Å². The van der Waals surface area contributed by atoms with Crippen molar-refractivity contribution in [2.24, 2.45) is 0 Å².